The van der Waals surface area contributed by atoms with Gasteiger partial charge < -0.3 is 0 Å². The SMILES string of the molecule is C=C1[C@H]2C=C[C@@H]1[C@@H]1CC[C@@H]12. The highest BCUT2D eigenvalue weighted by Gasteiger charge is 2.51. The maximum absolute atomic E-state index is 4.16. The van der Waals surface area contributed by atoms with E-state index in [1.54, 1.807) is 0 Å². The van der Waals surface area contributed by atoms with Crippen LogP contribution in [0.2, 0.25) is 0 Å². The Bertz CT molecular complexity index is 202. The highest BCUT2D eigenvalue weighted by Crippen LogP contribution is 2.60. The van der Waals surface area contributed by atoms with Crippen molar-refractivity contribution in [3.63, 3.8) is 0 Å². The van der Waals surface area contributed by atoms with E-state index in [1.807, 2.05) is 0 Å². The fraction of sp³-hybridized carbons (Fsp3) is 0.600. The zero-order valence-electron chi connectivity index (χ0n) is 6.09. The summed E-state index contributed by atoms with van der Waals surface area (Å²) in [6.45, 7) is 4.16. The fourth-order valence-corrected chi connectivity index (χ4v) is 2.99. The molecule has 52 valence electrons. The van der Waals surface area contributed by atoms with E-state index in [0.29, 0.717) is 0 Å². The molecule has 0 saturated heterocycles. The molecule has 2 fully saturated rings. The number of rotatable bonds is 0. The molecule has 3 aliphatic rings. The molecule has 0 heterocycles. The second kappa shape index (κ2) is 1.39. The lowest BCUT2D eigenvalue weighted by molar-refractivity contribution is 0.162. The van der Waals surface area contributed by atoms with Crippen molar-refractivity contribution < 1.29 is 0 Å². The average Bonchev–Trinajstić information content (AvgIpc) is 2.21. The zero-order valence-corrected chi connectivity index (χ0v) is 6.09. The van der Waals surface area contributed by atoms with Gasteiger partial charge in [0.2, 0.25) is 0 Å². The molecule has 3 aliphatic carbocycles. The Kier molecular flexibility index (Phi) is 0.719. The maximum atomic E-state index is 4.16. The number of hydrogen-bond donors (Lipinski definition) is 0. The standard InChI is InChI=1S/C10H12/c1-6-7-2-3-8(6)10-5-4-9(7)10/h2-3,7-10H,1,4-5H2/t7-,8+,9-,10+. The molecule has 0 heteroatoms. The molecule has 0 unspecified atom stereocenters. The normalized spacial score (nSPS) is 55.0. The average molecular weight is 132 g/mol. The first-order valence-electron chi connectivity index (χ1n) is 4.25. The maximum Gasteiger partial charge on any atom is 0.00115 e. The second-order valence-corrected chi connectivity index (χ2v) is 3.92. The van der Waals surface area contributed by atoms with Gasteiger partial charge in [0, 0.05) is 11.8 Å². The van der Waals surface area contributed by atoms with Gasteiger partial charge >= 0.3 is 0 Å². The lowest BCUT2D eigenvalue weighted by atomic mass is 9.68. The molecule has 0 nitrogen and oxygen atoms in total. The Morgan fingerprint density at radius 2 is 1.60 bits per heavy atom. The summed E-state index contributed by atoms with van der Waals surface area (Å²) in [6.07, 6.45) is 7.70. The van der Waals surface area contributed by atoms with Crippen LogP contribution in [0.15, 0.2) is 24.3 Å². The van der Waals surface area contributed by atoms with E-state index in [-0.39, 0.29) is 0 Å². The van der Waals surface area contributed by atoms with Gasteiger partial charge in [-0.1, -0.05) is 24.3 Å². The Labute approximate surface area is 61.6 Å². The van der Waals surface area contributed by atoms with Gasteiger partial charge in [-0.25, -0.2) is 0 Å². The van der Waals surface area contributed by atoms with Gasteiger partial charge in [0.25, 0.3) is 0 Å². The smallest absolute Gasteiger partial charge is 0.00115 e. The topological polar surface area (TPSA) is 0 Å². The van der Waals surface area contributed by atoms with Gasteiger partial charge in [-0.3, -0.25) is 0 Å². The van der Waals surface area contributed by atoms with Gasteiger partial charge in [-0.05, 0) is 24.7 Å². The molecule has 0 radical (unpaired) electrons. The monoisotopic (exact) mass is 132 g/mol. The molecule has 2 saturated carbocycles. The van der Waals surface area contributed by atoms with Crippen molar-refractivity contribution in [1.29, 1.82) is 0 Å². The molecule has 0 aromatic carbocycles. The van der Waals surface area contributed by atoms with Crippen molar-refractivity contribution in [2.45, 2.75) is 12.8 Å². The van der Waals surface area contributed by atoms with Gasteiger partial charge in [-0.15, -0.1) is 0 Å². The molecular weight excluding hydrogens is 120 g/mol. The van der Waals surface area contributed by atoms with Crippen LogP contribution in [-0.2, 0) is 0 Å². The third kappa shape index (κ3) is 0.361. The highest BCUT2D eigenvalue weighted by atomic mass is 14.6. The zero-order chi connectivity index (χ0) is 6.72. The Morgan fingerprint density at radius 3 is 1.90 bits per heavy atom. The summed E-state index contributed by atoms with van der Waals surface area (Å²) in [5.41, 5.74) is 1.52. The summed E-state index contributed by atoms with van der Waals surface area (Å²) in [6, 6.07) is 0. The first kappa shape index (κ1) is 5.17. The molecule has 0 N–H and O–H groups in total. The molecule has 0 aromatic heterocycles. The summed E-state index contributed by atoms with van der Waals surface area (Å²) < 4.78 is 0. The van der Waals surface area contributed by atoms with Gasteiger partial charge in [0.15, 0.2) is 0 Å². The van der Waals surface area contributed by atoms with E-state index in [4.69, 9.17) is 0 Å². The summed E-state index contributed by atoms with van der Waals surface area (Å²) in [4.78, 5) is 0. The third-order valence-corrected chi connectivity index (χ3v) is 3.69. The van der Waals surface area contributed by atoms with Crippen LogP contribution >= 0.6 is 0 Å². The molecule has 0 spiro atoms. The van der Waals surface area contributed by atoms with Crippen molar-refractivity contribution in [3.05, 3.63) is 24.3 Å². The van der Waals surface area contributed by atoms with E-state index in [1.165, 1.54) is 18.4 Å². The summed E-state index contributed by atoms with van der Waals surface area (Å²) >= 11 is 0. The molecule has 10 heavy (non-hydrogen) atoms. The third-order valence-electron chi connectivity index (χ3n) is 3.69. The molecule has 0 amide bonds. The van der Waals surface area contributed by atoms with Crippen LogP contribution in [0, 0.1) is 23.7 Å². The largest absolute Gasteiger partial charge is 0.0986 e. The van der Waals surface area contributed by atoms with E-state index in [9.17, 15) is 0 Å². The lowest BCUT2D eigenvalue weighted by Gasteiger charge is -2.36. The van der Waals surface area contributed by atoms with Gasteiger partial charge in [-0.2, -0.15) is 0 Å². The minimum Gasteiger partial charge on any atom is -0.0986 e. The van der Waals surface area contributed by atoms with Crippen LogP contribution in [0.4, 0.5) is 0 Å². The van der Waals surface area contributed by atoms with E-state index in [0.717, 1.165) is 23.7 Å². The number of hydrogen-bond acceptors (Lipinski definition) is 0. The Morgan fingerprint density at radius 1 is 1.10 bits per heavy atom. The van der Waals surface area contributed by atoms with Crippen molar-refractivity contribution in [2.24, 2.45) is 23.7 Å². The predicted molar refractivity (Wildman–Crippen MR) is 41.5 cm³/mol. The van der Waals surface area contributed by atoms with Crippen molar-refractivity contribution in [2.75, 3.05) is 0 Å². The van der Waals surface area contributed by atoms with E-state index >= 15 is 0 Å². The van der Waals surface area contributed by atoms with Crippen LogP contribution < -0.4 is 0 Å². The summed E-state index contributed by atoms with van der Waals surface area (Å²) in [5, 5.41) is 0. The van der Waals surface area contributed by atoms with Gasteiger partial charge in [0.1, 0.15) is 0 Å². The van der Waals surface area contributed by atoms with Crippen molar-refractivity contribution >= 4 is 0 Å². The molecule has 0 aromatic rings. The molecule has 3 rings (SSSR count). The second-order valence-electron chi connectivity index (χ2n) is 3.92. The van der Waals surface area contributed by atoms with Crippen LogP contribution in [0.1, 0.15) is 12.8 Å². The predicted octanol–water partition coefficient (Wildman–Crippen LogP) is 2.38. The first-order valence-corrected chi connectivity index (χ1v) is 4.25. The number of allylic oxidation sites excluding steroid dienone is 3. The molecule has 0 aliphatic heterocycles. The molecule has 2 bridgehead atoms. The van der Waals surface area contributed by atoms with Crippen LogP contribution in [0.25, 0.3) is 0 Å². The van der Waals surface area contributed by atoms with E-state index < -0.39 is 0 Å². The van der Waals surface area contributed by atoms with E-state index in [2.05, 4.69) is 18.7 Å². The Hall–Kier alpha value is -0.520. The van der Waals surface area contributed by atoms with Crippen LogP contribution in [0.3, 0.4) is 0 Å². The molecular formula is C10H12. The minimum atomic E-state index is 0.795. The van der Waals surface area contributed by atoms with Crippen LogP contribution in [0.5, 0.6) is 0 Å². The number of fused-ring (bicyclic) bond motifs is 5. The summed E-state index contributed by atoms with van der Waals surface area (Å²) in [7, 11) is 0. The van der Waals surface area contributed by atoms with Crippen molar-refractivity contribution in [1.82, 2.24) is 0 Å². The first-order chi connectivity index (χ1) is 4.88. The Balaban J connectivity index is 2.10. The lowest BCUT2D eigenvalue weighted by Crippen LogP contribution is -2.28. The molecule has 4 atom stereocenters. The minimum absolute atomic E-state index is 0.795. The quantitative estimate of drug-likeness (QED) is 0.444. The highest BCUT2D eigenvalue weighted by molar-refractivity contribution is 5.35. The fourth-order valence-electron chi connectivity index (χ4n) is 2.99. The van der Waals surface area contributed by atoms with Gasteiger partial charge in [0.05, 0.1) is 0 Å². The summed E-state index contributed by atoms with van der Waals surface area (Å²) in [5.74, 6) is 3.62. The van der Waals surface area contributed by atoms with Crippen molar-refractivity contribution in [3.8, 4) is 0 Å². The van der Waals surface area contributed by atoms with Crippen LogP contribution in [-0.4, -0.2) is 0 Å².